The van der Waals surface area contributed by atoms with Crippen molar-refractivity contribution in [2.75, 3.05) is 19.7 Å². The van der Waals surface area contributed by atoms with Crippen molar-refractivity contribution in [1.29, 1.82) is 0 Å². The minimum atomic E-state index is -0.210. The summed E-state index contributed by atoms with van der Waals surface area (Å²) >= 11 is 7.78. The lowest BCUT2D eigenvalue weighted by Gasteiger charge is -2.29. The van der Waals surface area contributed by atoms with E-state index >= 15 is 0 Å². The molecule has 1 fully saturated rings. The van der Waals surface area contributed by atoms with Gasteiger partial charge in [0.2, 0.25) is 5.91 Å². The van der Waals surface area contributed by atoms with Crippen LogP contribution in [0.5, 0.6) is 0 Å². The van der Waals surface area contributed by atoms with Crippen LogP contribution in [0.4, 0.5) is 0 Å². The van der Waals surface area contributed by atoms with Gasteiger partial charge in [-0.3, -0.25) is 9.59 Å². The summed E-state index contributed by atoms with van der Waals surface area (Å²) in [5.74, 6) is -0.302. The average molecular weight is 497 g/mol. The van der Waals surface area contributed by atoms with Crippen molar-refractivity contribution in [2.24, 2.45) is 0 Å². The molecule has 1 atom stereocenters. The highest BCUT2D eigenvalue weighted by Crippen LogP contribution is 2.21. The summed E-state index contributed by atoms with van der Waals surface area (Å²) in [6.45, 7) is 4.11. The maximum Gasteiger partial charge on any atom is 0.254 e. The zero-order valence-corrected chi connectivity index (χ0v) is 20.9. The third-order valence-corrected chi connectivity index (χ3v) is 7.25. The second-order valence-electron chi connectivity index (χ2n) is 8.59. The van der Waals surface area contributed by atoms with E-state index in [2.05, 4.69) is 13.0 Å². The first-order valence-corrected chi connectivity index (χ1v) is 12.8. The number of aryl methyl sites for hydroxylation is 1. The monoisotopic (exact) mass is 496 g/mol. The number of carbonyl (C=O) groups excluding carboxylic acids is 2. The molecule has 0 radical (unpaired) electrons. The first-order valence-electron chi connectivity index (χ1n) is 11.5. The van der Waals surface area contributed by atoms with Gasteiger partial charge in [-0.1, -0.05) is 48.0 Å². The Bertz CT molecular complexity index is 1110. The fourth-order valence-electron chi connectivity index (χ4n) is 4.10. The molecule has 0 saturated carbocycles. The third-order valence-electron chi connectivity index (χ3n) is 6.00. The quantitative estimate of drug-likeness (QED) is 0.389. The second-order valence-corrected chi connectivity index (χ2v) is 10.0. The van der Waals surface area contributed by atoms with E-state index in [1.165, 1.54) is 5.56 Å². The molecule has 0 N–H and O–H groups in total. The number of rotatable bonds is 9. The minimum Gasteiger partial charge on any atom is -0.376 e. The highest BCUT2D eigenvalue weighted by Gasteiger charge is 2.27. The van der Waals surface area contributed by atoms with Crippen LogP contribution in [-0.2, 0) is 22.6 Å². The Morgan fingerprint density at radius 1 is 1.06 bits per heavy atom. The first-order chi connectivity index (χ1) is 16.5. The van der Waals surface area contributed by atoms with Crippen LogP contribution in [0.15, 0.2) is 66.0 Å². The lowest BCUT2D eigenvalue weighted by atomic mass is 10.1. The zero-order valence-electron chi connectivity index (χ0n) is 19.3. The van der Waals surface area contributed by atoms with Gasteiger partial charge in [-0.15, -0.1) is 11.3 Å². The van der Waals surface area contributed by atoms with Crippen LogP contribution in [0.1, 0.15) is 39.2 Å². The highest BCUT2D eigenvalue weighted by molar-refractivity contribution is 7.10. The molecule has 5 nitrogen and oxygen atoms in total. The van der Waals surface area contributed by atoms with Gasteiger partial charge in [0.15, 0.2) is 0 Å². The van der Waals surface area contributed by atoms with Crippen molar-refractivity contribution in [3.63, 3.8) is 0 Å². The molecule has 1 aromatic heterocycles. The second kappa shape index (κ2) is 11.6. The number of carbonyl (C=O) groups is 2. The SMILES string of the molecule is Cc1ccsc1CN(Cc1ccccc1)C(=O)CN(CC1CCCO1)C(=O)c1cccc(Cl)c1. The van der Waals surface area contributed by atoms with Gasteiger partial charge in [-0.25, -0.2) is 0 Å². The van der Waals surface area contributed by atoms with Crippen molar-refractivity contribution in [1.82, 2.24) is 9.80 Å². The van der Waals surface area contributed by atoms with Crippen molar-refractivity contribution < 1.29 is 14.3 Å². The Hall–Kier alpha value is -2.67. The third kappa shape index (κ3) is 6.47. The summed E-state index contributed by atoms with van der Waals surface area (Å²) in [5, 5.41) is 2.54. The van der Waals surface area contributed by atoms with Crippen LogP contribution in [0.3, 0.4) is 0 Å². The van der Waals surface area contributed by atoms with Crippen LogP contribution >= 0.6 is 22.9 Å². The Balaban J connectivity index is 1.56. The lowest BCUT2D eigenvalue weighted by Crippen LogP contribution is -2.45. The van der Waals surface area contributed by atoms with Gasteiger partial charge in [-0.2, -0.15) is 0 Å². The number of ether oxygens (including phenoxy) is 1. The molecule has 1 saturated heterocycles. The molecule has 178 valence electrons. The molecular weight excluding hydrogens is 468 g/mol. The van der Waals surface area contributed by atoms with E-state index in [4.69, 9.17) is 16.3 Å². The van der Waals surface area contributed by atoms with Gasteiger partial charge in [-0.05, 0) is 60.5 Å². The number of amides is 2. The van der Waals surface area contributed by atoms with Gasteiger partial charge in [0, 0.05) is 35.2 Å². The summed E-state index contributed by atoms with van der Waals surface area (Å²) in [6.07, 6.45) is 1.80. The normalized spacial score (nSPS) is 15.3. The number of halogens is 1. The summed E-state index contributed by atoms with van der Waals surface area (Å²) in [6, 6.07) is 18.9. The van der Waals surface area contributed by atoms with Crippen LogP contribution in [-0.4, -0.2) is 47.4 Å². The molecule has 0 bridgehead atoms. The maximum absolute atomic E-state index is 13.6. The number of hydrogen-bond donors (Lipinski definition) is 0. The molecule has 2 heterocycles. The Labute approximate surface area is 209 Å². The van der Waals surface area contributed by atoms with Crippen LogP contribution < -0.4 is 0 Å². The van der Waals surface area contributed by atoms with E-state index in [1.54, 1.807) is 40.5 Å². The first kappa shape index (κ1) is 24.5. The molecule has 3 aromatic rings. The van der Waals surface area contributed by atoms with E-state index in [0.717, 1.165) is 23.3 Å². The van der Waals surface area contributed by atoms with Gasteiger partial charge in [0.25, 0.3) is 5.91 Å². The van der Waals surface area contributed by atoms with Gasteiger partial charge in [0.05, 0.1) is 12.6 Å². The molecule has 0 aliphatic carbocycles. The van der Waals surface area contributed by atoms with E-state index in [0.29, 0.717) is 36.8 Å². The summed E-state index contributed by atoms with van der Waals surface area (Å²) < 4.78 is 5.79. The van der Waals surface area contributed by atoms with Gasteiger partial charge in [0.1, 0.15) is 6.54 Å². The fraction of sp³-hybridized carbons (Fsp3) is 0.333. The van der Waals surface area contributed by atoms with Crippen molar-refractivity contribution >= 4 is 34.8 Å². The molecule has 1 aliphatic rings. The summed E-state index contributed by atoms with van der Waals surface area (Å²) in [5.41, 5.74) is 2.70. The van der Waals surface area contributed by atoms with E-state index < -0.39 is 0 Å². The molecule has 1 aliphatic heterocycles. The maximum atomic E-state index is 13.6. The zero-order chi connectivity index (χ0) is 23.9. The van der Waals surface area contributed by atoms with Gasteiger partial charge < -0.3 is 14.5 Å². The number of nitrogens with zero attached hydrogens (tertiary/aromatic N) is 2. The van der Waals surface area contributed by atoms with E-state index in [-0.39, 0.29) is 24.5 Å². The molecule has 4 rings (SSSR count). The van der Waals surface area contributed by atoms with Crippen molar-refractivity contribution in [3.05, 3.63) is 92.6 Å². The lowest BCUT2D eigenvalue weighted by molar-refractivity contribution is -0.133. The highest BCUT2D eigenvalue weighted by atomic mass is 35.5. The molecule has 2 aromatic carbocycles. The Morgan fingerprint density at radius 3 is 2.56 bits per heavy atom. The van der Waals surface area contributed by atoms with Crippen molar-refractivity contribution in [2.45, 2.75) is 39.0 Å². The number of hydrogen-bond acceptors (Lipinski definition) is 4. The predicted octanol–water partition coefficient (Wildman–Crippen LogP) is 5.56. The number of benzene rings is 2. The van der Waals surface area contributed by atoms with Crippen LogP contribution in [0.2, 0.25) is 5.02 Å². The molecule has 1 unspecified atom stereocenters. The van der Waals surface area contributed by atoms with Gasteiger partial charge >= 0.3 is 0 Å². The molecule has 7 heteroatoms. The topological polar surface area (TPSA) is 49.9 Å². The standard InChI is InChI=1S/C27H29ClN2O3S/c1-20-12-14-34-25(20)18-29(16-21-7-3-2-4-8-21)26(31)19-30(17-24-11-6-13-33-24)27(32)22-9-5-10-23(28)15-22/h2-5,7-10,12,14-15,24H,6,11,13,16-19H2,1H3. The Morgan fingerprint density at radius 2 is 1.88 bits per heavy atom. The smallest absolute Gasteiger partial charge is 0.254 e. The molecule has 2 amide bonds. The predicted molar refractivity (Wildman–Crippen MR) is 136 cm³/mol. The van der Waals surface area contributed by atoms with Crippen molar-refractivity contribution in [3.8, 4) is 0 Å². The molecule has 34 heavy (non-hydrogen) atoms. The largest absolute Gasteiger partial charge is 0.376 e. The average Bonchev–Trinajstić information content (AvgIpc) is 3.50. The minimum absolute atomic E-state index is 0.0114. The molecule has 0 spiro atoms. The molecular formula is C27H29ClN2O3S. The van der Waals surface area contributed by atoms with E-state index in [9.17, 15) is 9.59 Å². The van der Waals surface area contributed by atoms with E-state index in [1.807, 2.05) is 40.6 Å². The van der Waals surface area contributed by atoms with Crippen LogP contribution in [0.25, 0.3) is 0 Å². The number of thiophene rings is 1. The fourth-order valence-corrected chi connectivity index (χ4v) is 5.21. The summed E-state index contributed by atoms with van der Waals surface area (Å²) in [7, 11) is 0. The van der Waals surface area contributed by atoms with Crippen LogP contribution in [0, 0.1) is 6.92 Å². The summed E-state index contributed by atoms with van der Waals surface area (Å²) in [4.78, 5) is 31.7. The Kier molecular flexibility index (Phi) is 8.38.